The zero-order valence-electron chi connectivity index (χ0n) is 16.5. The summed E-state index contributed by atoms with van der Waals surface area (Å²) in [5, 5.41) is 21.5. The molecule has 0 spiro atoms. The smallest absolute Gasteiger partial charge is 0.303 e. The van der Waals surface area contributed by atoms with Gasteiger partial charge in [0.25, 0.3) is 0 Å². The van der Waals surface area contributed by atoms with Crippen molar-refractivity contribution in [3.63, 3.8) is 0 Å². The summed E-state index contributed by atoms with van der Waals surface area (Å²) in [4.78, 5) is 22.7. The van der Waals surface area contributed by atoms with Gasteiger partial charge in [-0.2, -0.15) is 0 Å². The maximum atomic E-state index is 13.6. The standard InChI is InChI=1S/C21H25FN4O3/c1-11(2)20-21(24-14-3-4-17(27)16(22)8-14)23-9-18(25-20)26-10-13-6-15(26)5-12(13)7-19(28)29/h3-4,8-9,11-13,15,27H,5-7,10H2,1-2H3,(H,23,24)(H,28,29). The van der Waals surface area contributed by atoms with Crippen molar-refractivity contribution in [1.82, 2.24) is 9.97 Å². The van der Waals surface area contributed by atoms with Crippen LogP contribution in [0.3, 0.4) is 0 Å². The SMILES string of the molecule is CC(C)c1nc(N2CC3CC2CC3CC(=O)O)cnc1Nc1ccc(O)c(F)c1. The Morgan fingerprint density at radius 2 is 2.17 bits per heavy atom. The fourth-order valence-corrected chi connectivity index (χ4v) is 4.57. The number of benzene rings is 1. The predicted molar refractivity (Wildman–Crippen MR) is 107 cm³/mol. The summed E-state index contributed by atoms with van der Waals surface area (Å²) in [6, 6.07) is 4.41. The van der Waals surface area contributed by atoms with Crippen LogP contribution in [0.25, 0.3) is 0 Å². The average Bonchev–Trinajstić information content (AvgIpc) is 3.24. The molecule has 2 aliphatic rings. The molecule has 154 valence electrons. The van der Waals surface area contributed by atoms with Crippen LogP contribution in [-0.2, 0) is 4.79 Å². The third-order valence-electron chi connectivity index (χ3n) is 5.96. The Kier molecular flexibility index (Phi) is 5.02. The minimum atomic E-state index is -0.725. The van der Waals surface area contributed by atoms with Crippen LogP contribution >= 0.6 is 0 Å². The van der Waals surface area contributed by atoms with Crippen LogP contribution in [0.15, 0.2) is 24.4 Å². The molecule has 3 N–H and O–H groups in total. The summed E-state index contributed by atoms with van der Waals surface area (Å²) in [5.74, 6) is 0.277. The molecule has 1 aliphatic heterocycles. The van der Waals surface area contributed by atoms with Gasteiger partial charge in [-0.3, -0.25) is 4.79 Å². The van der Waals surface area contributed by atoms with E-state index in [0.29, 0.717) is 23.5 Å². The molecule has 8 heteroatoms. The number of halogens is 1. The number of carboxylic acid groups (broad SMARTS) is 1. The number of phenolic OH excluding ortho intramolecular Hbond substituents is 1. The van der Waals surface area contributed by atoms with E-state index in [1.54, 1.807) is 12.3 Å². The number of hydrogen-bond donors (Lipinski definition) is 3. The van der Waals surface area contributed by atoms with Gasteiger partial charge < -0.3 is 20.4 Å². The van der Waals surface area contributed by atoms with Crippen LogP contribution in [0, 0.1) is 17.7 Å². The first-order valence-electron chi connectivity index (χ1n) is 9.92. The normalized spacial score (nSPS) is 23.0. The molecule has 2 heterocycles. The summed E-state index contributed by atoms with van der Waals surface area (Å²) in [6.07, 6.45) is 3.84. The highest BCUT2D eigenvalue weighted by Crippen LogP contribution is 2.45. The number of piperidine rings is 1. The topological polar surface area (TPSA) is 98.6 Å². The first kappa shape index (κ1) is 19.4. The zero-order chi connectivity index (χ0) is 20.7. The number of fused-ring (bicyclic) bond motifs is 2. The van der Waals surface area contributed by atoms with Gasteiger partial charge in [0.1, 0.15) is 5.82 Å². The minimum absolute atomic E-state index is 0.103. The van der Waals surface area contributed by atoms with Crippen LogP contribution in [0.2, 0.25) is 0 Å². The Morgan fingerprint density at radius 3 is 2.79 bits per heavy atom. The fraction of sp³-hybridized carbons (Fsp3) is 0.476. The van der Waals surface area contributed by atoms with E-state index in [9.17, 15) is 14.3 Å². The molecular weight excluding hydrogens is 375 g/mol. The Bertz CT molecular complexity index is 936. The van der Waals surface area contributed by atoms with E-state index in [2.05, 4.69) is 15.2 Å². The number of anilines is 3. The first-order chi connectivity index (χ1) is 13.8. The third-order valence-corrected chi connectivity index (χ3v) is 5.96. The third kappa shape index (κ3) is 3.83. The molecule has 1 aromatic carbocycles. The van der Waals surface area contributed by atoms with Crippen LogP contribution in [-0.4, -0.2) is 38.7 Å². The molecule has 1 saturated carbocycles. The van der Waals surface area contributed by atoms with Gasteiger partial charge in [-0.25, -0.2) is 14.4 Å². The van der Waals surface area contributed by atoms with Gasteiger partial charge in [-0.15, -0.1) is 0 Å². The number of carboxylic acids is 1. The molecule has 2 fully saturated rings. The van der Waals surface area contributed by atoms with Gasteiger partial charge in [0.15, 0.2) is 17.4 Å². The van der Waals surface area contributed by atoms with E-state index in [1.807, 2.05) is 13.8 Å². The molecule has 1 aromatic heterocycles. The molecule has 0 radical (unpaired) electrons. The van der Waals surface area contributed by atoms with Gasteiger partial charge >= 0.3 is 5.97 Å². The van der Waals surface area contributed by atoms with E-state index in [4.69, 9.17) is 10.1 Å². The molecule has 2 aromatic rings. The highest BCUT2D eigenvalue weighted by atomic mass is 19.1. The lowest BCUT2D eigenvalue weighted by molar-refractivity contribution is -0.138. The highest BCUT2D eigenvalue weighted by Gasteiger charge is 2.45. The number of carbonyl (C=O) groups is 1. The number of nitrogens with zero attached hydrogens (tertiary/aromatic N) is 3. The van der Waals surface area contributed by atoms with E-state index in [1.165, 1.54) is 12.1 Å². The van der Waals surface area contributed by atoms with Crippen molar-refractivity contribution in [3.05, 3.63) is 35.9 Å². The van der Waals surface area contributed by atoms with Crippen LogP contribution in [0.1, 0.15) is 44.7 Å². The number of rotatable bonds is 6. The highest BCUT2D eigenvalue weighted by molar-refractivity contribution is 5.67. The van der Waals surface area contributed by atoms with Gasteiger partial charge in [0.05, 0.1) is 11.9 Å². The summed E-state index contributed by atoms with van der Waals surface area (Å²) in [5.41, 5.74) is 1.27. The lowest BCUT2D eigenvalue weighted by Gasteiger charge is -2.32. The minimum Gasteiger partial charge on any atom is -0.505 e. The van der Waals surface area contributed by atoms with Crippen molar-refractivity contribution in [2.24, 2.45) is 11.8 Å². The molecule has 29 heavy (non-hydrogen) atoms. The predicted octanol–water partition coefficient (Wildman–Crippen LogP) is 3.88. The van der Waals surface area contributed by atoms with Gasteiger partial charge in [0.2, 0.25) is 0 Å². The Balaban J connectivity index is 1.54. The molecule has 1 aliphatic carbocycles. The first-order valence-corrected chi connectivity index (χ1v) is 9.92. The average molecular weight is 400 g/mol. The Labute approximate surface area is 168 Å². The van der Waals surface area contributed by atoms with Crippen LogP contribution in [0.4, 0.5) is 21.7 Å². The number of phenols is 1. The second-order valence-corrected chi connectivity index (χ2v) is 8.30. The molecule has 4 rings (SSSR count). The van der Waals surface area contributed by atoms with Crippen molar-refractivity contribution in [2.75, 3.05) is 16.8 Å². The van der Waals surface area contributed by atoms with E-state index >= 15 is 0 Å². The van der Waals surface area contributed by atoms with E-state index in [-0.39, 0.29) is 18.3 Å². The Hall–Kier alpha value is -2.90. The number of aromatic nitrogens is 2. The number of nitrogens with one attached hydrogen (secondary N) is 1. The van der Waals surface area contributed by atoms with Crippen molar-refractivity contribution in [1.29, 1.82) is 0 Å². The fourth-order valence-electron chi connectivity index (χ4n) is 4.57. The summed E-state index contributed by atoms with van der Waals surface area (Å²) < 4.78 is 13.6. The van der Waals surface area contributed by atoms with Crippen LogP contribution < -0.4 is 10.2 Å². The number of hydrogen-bond acceptors (Lipinski definition) is 6. The van der Waals surface area contributed by atoms with Gasteiger partial charge in [-0.1, -0.05) is 13.8 Å². The number of aliphatic carboxylic acids is 1. The lowest BCUT2D eigenvalue weighted by atomic mass is 9.91. The maximum absolute atomic E-state index is 13.6. The van der Waals surface area contributed by atoms with Crippen LogP contribution in [0.5, 0.6) is 5.75 Å². The molecule has 3 atom stereocenters. The monoisotopic (exact) mass is 400 g/mol. The molecule has 3 unspecified atom stereocenters. The second-order valence-electron chi connectivity index (χ2n) is 8.30. The quantitative estimate of drug-likeness (QED) is 0.633. The van der Waals surface area contributed by atoms with E-state index in [0.717, 1.165) is 30.9 Å². The van der Waals surface area contributed by atoms with Crippen molar-refractivity contribution in [3.8, 4) is 5.75 Å². The maximum Gasteiger partial charge on any atom is 0.303 e. The van der Waals surface area contributed by atoms with Crippen molar-refractivity contribution >= 4 is 23.3 Å². The number of aromatic hydroxyl groups is 1. The van der Waals surface area contributed by atoms with Crippen molar-refractivity contribution in [2.45, 2.75) is 45.1 Å². The second kappa shape index (κ2) is 7.50. The van der Waals surface area contributed by atoms with E-state index < -0.39 is 17.5 Å². The largest absolute Gasteiger partial charge is 0.505 e. The van der Waals surface area contributed by atoms with Gasteiger partial charge in [0, 0.05) is 30.8 Å². The molecule has 0 amide bonds. The Morgan fingerprint density at radius 1 is 1.38 bits per heavy atom. The molecule has 1 saturated heterocycles. The molecular formula is C21H25FN4O3. The zero-order valence-corrected chi connectivity index (χ0v) is 16.5. The lowest BCUT2D eigenvalue weighted by Crippen LogP contribution is -2.36. The summed E-state index contributed by atoms with van der Waals surface area (Å²) in [7, 11) is 0. The molecule has 2 bridgehead atoms. The summed E-state index contributed by atoms with van der Waals surface area (Å²) in [6.45, 7) is 4.86. The summed E-state index contributed by atoms with van der Waals surface area (Å²) >= 11 is 0. The van der Waals surface area contributed by atoms with Gasteiger partial charge in [-0.05, 0) is 42.7 Å². The molecule has 7 nitrogen and oxygen atoms in total. The van der Waals surface area contributed by atoms with Crippen molar-refractivity contribution < 1.29 is 19.4 Å².